The number of nitrogens with zero attached hydrogens (tertiary/aromatic N) is 1. The molecule has 2 nitrogen and oxygen atoms in total. The minimum atomic E-state index is -4.83. The van der Waals surface area contributed by atoms with Gasteiger partial charge in [-0.2, -0.15) is 18.4 Å². The van der Waals surface area contributed by atoms with Crippen LogP contribution < -0.4 is 0 Å². The maximum Gasteiger partial charge on any atom is 0.418 e. The highest BCUT2D eigenvalue weighted by Gasteiger charge is 2.39. The summed E-state index contributed by atoms with van der Waals surface area (Å²) in [7, 11) is 0. The normalized spacial score (nSPS) is 13.3. The molecular formula is C9H5F4NO. The summed E-state index contributed by atoms with van der Waals surface area (Å²) in [6.45, 7) is 0. The third kappa shape index (κ3) is 2.44. The Morgan fingerprint density at radius 2 is 1.93 bits per heavy atom. The van der Waals surface area contributed by atoms with Crippen LogP contribution in [0.1, 0.15) is 17.2 Å². The average molecular weight is 219 g/mol. The van der Waals surface area contributed by atoms with Crippen molar-refractivity contribution in [2.45, 2.75) is 12.3 Å². The van der Waals surface area contributed by atoms with Crippen molar-refractivity contribution in [1.82, 2.24) is 0 Å². The van der Waals surface area contributed by atoms with E-state index in [2.05, 4.69) is 0 Å². The minimum absolute atomic E-state index is 0.532. The molecule has 0 aliphatic heterocycles. The van der Waals surface area contributed by atoms with E-state index >= 15 is 0 Å². The third-order valence-electron chi connectivity index (χ3n) is 1.74. The van der Waals surface area contributed by atoms with Crippen molar-refractivity contribution in [2.24, 2.45) is 0 Å². The van der Waals surface area contributed by atoms with Gasteiger partial charge in [0, 0.05) is 0 Å². The van der Waals surface area contributed by atoms with E-state index in [4.69, 9.17) is 10.4 Å². The van der Waals surface area contributed by atoms with Crippen molar-refractivity contribution in [3.63, 3.8) is 0 Å². The summed E-state index contributed by atoms with van der Waals surface area (Å²) in [6.07, 6.45) is -7.53. The molecule has 0 heterocycles. The Morgan fingerprint density at radius 3 is 2.40 bits per heavy atom. The maximum absolute atomic E-state index is 12.7. The van der Waals surface area contributed by atoms with Crippen LogP contribution in [0.4, 0.5) is 17.6 Å². The first-order valence-corrected chi connectivity index (χ1v) is 3.80. The summed E-state index contributed by atoms with van der Waals surface area (Å²) in [4.78, 5) is 0. The van der Waals surface area contributed by atoms with Gasteiger partial charge in [-0.3, -0.25) is 0 Å². The predicted molar refractivity (Wildman–Crippen MR) is 42.1 cm³/mol. The minimum Gasteiger partial charge on any atom is -0.379 e. The summed E-state index contributed by atoms with van der Waals surface area (Å²) in [6, 6.07) is 3.56. The third-order valence-corrected chi connectivity index (χ3v) is 1.74. The van der Waals surface area contributed by atoms with Crippen molar-refractivity contribution in [3.05, 3.63) is 35.1 Å². The van der Waals surface area contributed by atoms with E-state index < -0.39 is 29.2 Å². The number of benzene rings is 1. The second-order valence-electron chi connectivity index (χ2n) is 2.80. The summed E-state index contributed by atoms with van der Waals surface area (Å²) >= 11 is 0. The number of alkyl halides is 3. The molecule has 1 aromatic carbocycles. The van der Waals surface area contributed by atoms with E-state index in [1.54, 1.807) is 0 Å². The van der Waals surface area contributed by atoms with Crippen LogP contribution in [0.2, 0.25) is 0 Å². The summed E-state index contributed by atoms with van der Waals surface area (Å²) in [5, 5.41) is 17.2. The molecule has 0 amide bonds. The number of rotatable bonds is 1. The highest BCUT2D eigenvalue weighted by atomic mass is 19.4. The van der Waals surface area contributed by atoms with Gasteiger partial charge in [0.25, 0.3) is 0 Å². The Labute approximate surface area is 82.4 Å². The Kier molecular flexibility index (Phi) is 2.95. The molecule has 0 fully saturated rings. The lowest BCUT2D eigenvalue weighted by Gasteiger charge is -2.14. The number of hydrogen-bond acceptors (Lipinski definition) is 2. The molecule has 6 heteroatoms. The summed E-state index contributed by atoms with van der Waals surface area (Å²) < 4.78 is 48.9. The van der Waals surface area contributed by atoms with Crippen molar-refractivity contribution < 1.29 is 22.7 Å². The van der Waals surface area contributed by atoms with Crippen LogP contribution in [-0.2, 0) is 0 Å². The lowest BCUT2D eigenvalue weighted by molar-refractivity contribution is -0.206. The molecule has 1 aromatic rings. The van der Waals surface area contributed by atoms with E-state index in [1.807, 2.05) is 0 Å². The molecule has 0 bridgehead atoms. The fraction of sp³-hybridized carbons (Fsp3) is 0.222. The highest BCUT2D eigenvalue weighted by Crippen LogP contribution is 2.32. The van der Waals surface area contributed by atoms with Gasteiger partial charge in [0.2, 0.25) is 0 Å². The number of nitriles is 1. The first kappa shape index (κ1) is 11.5. The van der Waals surface area contributed by atoms with Crippen molar-refractivity contribution >= 4 is 0 Å². The zero-order valence-corrected chi connectivity index (χ0v) is 7.22. The second-order valence-corrected chi connectivity index (χ2v) is 2.80. The molecular weight excluding hydrogens is 214 g/mol. The highest BCUT2D eigenvalue weighted by molar-refractivity contribution is 5.35. The second kappa shape index (κ2) is 3.87. The first-order chi connectivity index (χ1) is 6.86. The Balaban J connectivity index is 3.13. The van der Waals surface area contributed by atoms with Crippen LogP contribution in [0.15, 0.2) is 18.2 Å². The van der Waals surface area contributed by atoms with Gasteiger partial charge in [0.15, 0.2) is 6.10 Å². The molecule has 0 aromatic heterocycles. The van der Waals surface area contributed by atoms with Crippen molar-refractivity contribution in [1.29, 1.82) is 5.26 Å². The first-order valence-electron chi connectivity index (χ1n) is 3.80. The maximum atomic E-state index is 12.7. The molecule has 0 radical (unpaired) electrons. The Bertz CT molecular complexity index is 408. The monoisotopic (exact) mass is 219 g/mol. The van der Waals surface area contributed by atoms with Crippen LogP contribution in [0, 0.1) is 17.1 Å². The van der Waals surface area contributed by atoms with Crippen molar-refractivity contribution in [2.75, 3.05) is 0 Å². The van der Waals surface area contributed by atoms with Gasteiger partial charge < -0.3 is 5.11 Å². The van der Waals surface area contributed by atoms with E-state index in [1.165, 1.54) is 6.07 Å². The lowest BCUT2D eigenvalue weighted by Crippen LogP contribution is -2.20. The summed E-state index contributed by atoms with van der Waals surface area (Å²) in [5.74, 6) is -0.921. The molecule has 15 heavy (non-hydrogen) atoms. The SMILES string of the molecule is N#Cc1cc(C(O)C(F)(F)F)ccc1F. The zero-order valence-electron chi connectivity index (χ0n) is 7.22. The van der Waals surface area contributed by atoms with E-state index in [9.17, 15) is 17.6 Å². The van der Waals surface area contributed by atoms with Gasteiger partial charge in [-0.05, 0) is 17.7 Å². The van der Waals surface area contributed by atoms with Crippen LogP contribution in [-0.4, -0.2) is 11.3 Å². The lowest BCUT2D eigenvalue weighted by atomic mass is 10.1. The quantitative estimate of drug-likeness (QED) is 0.736. The number of hydrogen-bond donors (Lipinski definition) is 1. The Hall–Kier alpha value is -1.61. The van der Waals surface area contributed by atoms with Gasteiger partial charge in [-0.25, -0.2) is 4.39 Å². The fourth-order valence-electron chi connectivity index (χ4n) is 0.988. The predicted octanol–water partition coefficient (Wildman–Crippen LogP) is 2.29. The molecule has 1 atom stereocenters. The van der Waals surface area contributed by atoms with Gasteiger partial charge >= 0.3 is 6.18 Å². The number of aliphatic hydroxyl groups is 1. The van der Waals surface area contributed by atoms with Crippen LogP contribution >= 0.6 is 0 Å². The molecule has 0 spiro atoms. The van der Waals surface area contributed by atoms with E-state index in [0.717, 1.165) is 6.07 Å². The zero-order chi connectivity index (χ0) is 11.6. The van der Waals surface area contributed by atoms with E-state index in [0.29, 0.717) is 12.1 Å². The van der Waals surface area contributed by atoms with Gasteiger partial charge in [-0.15, -0.1) is 0 Å². The largest absolute Gasteiger partial charge is 0.418 e. The van der Waals surface area contributed by atoms with Crippen LogP contribution in [0.25, 0.3) is 0 Å². The molecule has 1 rings (SSSR count). The molecule has 0 saturated heterocycles. The Morgan fingerprint density at radius 1 is 1.33 bits per heavy atom. The van der Waals surface area contributed by atoms with Gasteiger partial charge in [0.1, 0.15) is 11.9 Å². The smallest absolute Gasteiger partial charge is 0.379 e. The molecule has 80 valence electrons. The summed E-state index contributed by atoms with van der Waals surface area (Å²) in [5.41, 5.74) is -1.09. The van der Waals surface area contributed by atoms with Crippen molar-refractivity contribution in [3.8, 4) is 6.07 Å². The van der Waals surface area contributed by atoms with Gasteiger partial charge in [-0.1, -0.05) is 6.07 Å². The van der Waals surface area contributed by atoms with Crippen LogP contribution in [0.3, 0.4) is 0 Å². The number of halogens is 4. The number of aliphatic hydroxyl groups excluding tert-OH is 1. The molecule has 1 unspecified atom stereocenters. The molecule has 0 saturated carbocycles. The molecule has 1 N–H and O–H groups in total. The van der Waals surface area contributed by atoms with Crippen LogP contribution in [0.5, 0.6) is 0 Å². The molecule has 0 aliphatic rings. The topological polar surface area (TPSA) is 44.0 Å². The molecule has 0 aliphatic carbocycles. The standard InChI is InChI=1S/C9H5F4NO/c10-7-2-1-5(3-6(7)4-14)8(15)9(11,12)13/h1-3,8,15H. The average Bonchev–Trinajstić information content (AvgIpc) is 2.16. The fourth-order valence-corrected chi connectivity index (χ4v) is 0.988. The van der Waals surface area contributed by atoms with Gasteiger partial charge in [0.05, 0.1) is 5.56 Å². The van der Waals surface area contributed by atoms with E-state index in [-0.39, 0.29) is 0 Å².